The molecule has 0 radical (unpaired) electrons. The van der Waals surface area contributed by atoms with E-state index in [1.54, 1.807) is 6.07 Å². The van der Waals surface area contributed by atoms with Crippen molar-refractivity contribution in [2.24, 2.45) is 5.92 Å². The largest absolute Gasteiger partial charge is 0.487 e. The highest BCUT2D eigenvalue weighted by Gasteiger charge is 2.31. The number of carbonyl (C=O) groups excluding carboxylic acids is 2. The summed E-state index contributed by atoms with van der Waals surface area (Å²) in [6.07, 6.45) is 10.0. The topological polar surface area (TPSA) is 52.6 Å². The number of carbonyl (C=O) groups is 2. The Hall–Kier alpha value is -1.84. The van der Waals surface area contributed by atoms with Crippen molar-refractivity contribution in [3.05, 3.63) is 24.3 Å². The van der Waals surface area contributed by atoms with Gasteiger partial charge in [-0.2, -0.15) is 0 Å². The average Bonchev–Trinajstić information content (AvgIpc) is 2.85. The Labute approximate surface area is 143 Å². The van der Waals surface area contributed by atoms with Gasteiger partial charge in [0.1, 0.15) is 11.7 Å². The van der Waals surface area contributed by atoms with Crippen LogP contribution in [0.5, 0.6) is 11.5 Å². The number of para-hydroxylation sites is 2. The molecule has 24 heavy (non-hydrogen) atoms. The maximum atomic E-state index is 12.4. The van der Waals surface area contributed by atoms with Gasteiger partial charge in [-0.1, -0.05) is 31.4 Å². The van der Waals surface area contributed by atoms with Gasteiger partial charge in [-0.05, 0) is 50.7 Å². The first-order chi connectivity index (χ1) is 11.7. The summed E-state index contributed by atoms with van der Waals surface area (Å²) < 4.78 is 11.7. The summed E-state index contributed by atoms with van der Waals surface area (Å²) in [7, 11) is 0. The summed E-state index contributed by atoms with van der Waals surface area (Å²) in [5.41, 5.74) is 0. The summed E-state index contributed by atoms with van der Waals surface area (Å²) in [6.45, 7) is 0. The number of rotatable bonds is 4. The minimum absolute atomic E-state index is 0.00779. The SMILES string of the molecule is O=C1CCCCC1C(=O)Oc1ccccc1OC1CCCCCC1. The fraction of sp³-hybridized carbons (Fsp3) is 0.600. The summed E-state index contributed by atoms with van der Waals surface area (Å²) >= 11 is 0. The normalized spacial score (nSPS) is 22.7. The van der Waals surface area contributed by atoms with E-state index < -0.39 is 11.9 Å². The van der Waals surface area contributed by atoms with Crippen molar-refractivity contribution in [1.29, 1.82) is 0 Å². The van der Waals surface area contributed by atoms with Gasteiger partial charge in [0.15, 0.2) is 11.5 Å². The molecule has 2 fully saturated rings. The van der Waals surface area contributed by atoms with Gasteiger partial charge in [0, 0.05) is 6.42 Å². The third-order valence-corrected chi connectivity index (χ3v) is 4.99. The Bertz CT molecular complexity index is 573. The zero-order valence-electron chi connectivity index (χ0n) is 14.2. The molecule has 3 rings (SSSR count). The second-order valence-corrected chi connectivity index (χ2v) is 6.86. The van der Waals surface area contributed by atoms with E-state index in [9.17, 15) is 9.59 Å². The Morgan fingerprint density at radius 3 is 2.25 bits per heavy atom. The molecule has 2 aliphatic carbocycles. The lowest BCUT2D eigenvalue weighted by atomic mass is 9.88. The first-order valence-electron chi connectivity index (χ1n) is 9.24. The van der Waals surface area contributed by atoms with Crippen LogP contribution in [0.2, 0.25) is 0 Å². The molecule has 4 heteroatoms. The second-order valence-electron chi connectivity index (χ2n) is 6.86. The number of hydrogen-bond acceptors (Lipinski definition) is 4. The summed E-state index contributed by atoms with van der Waals surface area (Å²) in [5, 5.41) is 0. The molecule has 1 aromatic carbocycles. The molecule has 1 aromatic rings. The zero-order chi connectivity index (χ0) is 16.8. The fourth-order valence-corrected chi connectivity index (χ4v) is 3.58. The van der Waals surface area contributed by atoms with Crippen LogP contribution in [0, 0.1) is 5.92 Å². The Morgan fingerprint density at radius 2 is 1.54 bits per heavy atom. The molecule has 0 bridgehead atoms. The molecule has 0 aliphatic heterocycles. The number of benzene rings is 1. The maximum absolute atomic E-state index is 12.4. The third-order valence-electron chi connectivity index (χ3n) is 4.99. The molecular weight excluding hydrogens is 304 g/mol. The number of ketones is 1. The van der Waals surface area contributed by atoms with Crippen molar-refractivity contribution in [1.82, 2.24) is 0 Å². The van der Waals surface area contributed by atoms with Gasteiger partial charge in [0.05, 0.1) is 6.10 Å². The van der Waals surface area contributed by atoms with Crippen molar-refractivity contribution in [3.63, 3.8) is 0 Å². The number of ether oxygens (including phenoxy) is 2. The molecule has 0 aromatic heterocycles. The Balaban J connectivity index is 1.67. The van der Waals surface area contributed by atoms with Crippen LogP contribution in [-0.2, 0) is 9.59 Å². The highest BCUT2D eigenvalue weighted by Crippen LogP contribution is 2.32. The standard InChI is InChI=1S/C20H26O4/c21-17-12-6-5-11-16(17)20(22)24-19-14-8-7-13-18(19)23-15-9-3-1-2-4-10-15/h7-8,13-16H,1-6,9-12H2. The lowest BCUT2D eigenvalue weighted by Gasteiger charge is -2.21. The van der Waals surface area contributed by atoms with Crippen LogP contribution in [0.15, 0.2) is 24.3 Å². The summed E-state index contributed by atoms with van der Waals surface area (Å²) in [5.74, 6) is 0.0147. The minimum atomic E-state index is -0.607. The molecule has 0 saturated heterocycles. The van der Waals surface area contributed by atoms with Crippen LogP contribution in [0.25, 0.3) is 0 Å². The third kappa shape index (κ3) is 4.37. The first kappa shape index (κ1) is 17.0. The van der Waals surface area contributed by atoms with Gasteiger partial charge < -0.3 is 9.47 Å². The molecule has 1 atom stereocenters. The smallest absolute Gasteiger partial charge is 0.321 e. The molecule has 4 nitrogen and oxygen atoms in total. The van der Waals surface area contributed by atoms with Gasteiger partial charge in [-0.25, -0.2) is 0 Å². The van der Waals surface area contributed by atoms with Gasteiger partial charge in [0.25, 0.3) is 0 Å². The quantitative estimate of drug-likeness (QED) is 0.354. The van der Waals surface area contributed by atoms with Crippen LogP contribution < -0.4 is 9.47 Å². The van der Waals surface area contributed by atoms with Gasteiger partial charge >= 0.3 is 5.97 Å². The van der Waals surface area contributed by atoms with Gasteiger partial charge in [0.2, 0.25) is 0 Å². The predicted molar refractivity (Wildman–Crippen MR) is 91.2 cm³/mol. The maximum Gasteiger partial charge on any atom is 0.321 e. The molecular formula is C20H26O4. The lowest BCUT2D eigenvalue weighted by molar-refractivity contribution is -0.145. The van der Waals surface area contributed by atoms with E-state index >= 15 is 0 Å². The fourth-order valence-electron chi connectivity index (χ4n) is 3.58. The van der Waals surface area contributed by atoms with E-state index in [1.807, 2.05) is 18.2 Å². The molecule has 1 unspecified atom stereocenters. The Morgan fingerprint density at radius 1 is 0.875 bits per heavy atom. The molecule has 0 heterocycles. The Kier molecular flexibility index (Phi) is 5.89. The van der Waals surface area contributed by atoms with Gasteiger partial charge in [-0.15, -0.1) is 0 Å². The predicted octanol–water partition coefficient (Wildman–Crippen LogP) is 4.45. The molecule has 0 amide bonds. The highest BCUT2D eigenvalue weighted by atomic mass is 16.6. The monoisotopic (exact) mass is 330 g/mol. The lowest BCUT2D eigenvalue weighted by Crippen LogP contribution is -2.30. The van der Waals surface area contributed by atoms with E-state index in [-0.39, 0.29) is 11.9 Å². The van der Waals surface area contributed by atoms with Crippen LogP contribution in [-0.4, -0.2) is 17.9 Å². The summed E-state index contributed by atoms with van der Waals surface area (Å²) in [6, 6.07) is 7.30. The molecule has 130 valence electrons. The number of hydrogen-bond donors (Lipinski definition) is 0. The van der Waals surface area contributed by atoms with Crippen molar-refractivity contribution >= 4 is 11.8 Å². The van der Waals surface area contributed by atoms with E-state index in [2.05, 4.69) is 0 Å². The number of esters is 1. The molecule has 2 saturated carbocycles. The van der Waals surface area contributed by atoms with Crippen LogP contribution in [0.3, 0.4) is 0 Å². The molecule has 0 spiro atoms. The minimum Gasteiger partial charge on any atom is -0.487 e. The van der Waals surface area contributed by atoms with E-state index in [4.69, 9.17) is 9.47 Å². The average molecular weight is 330 g/mol. The van der Waals surface area contributed by atoms with Crippen LogP contribution >= 0.6 is 0 Å². The first-order valence-corrected chi connectivity index (χ1v) is 9.24. The van der Waals surface area contributed by atoms with Crippen molar-refractivity contribution in [2.45, 2.75) is 70.3 Å². The van der Waals surface area contributed by atoms with Crippen molar-refractivity contribution in [2.75, 3.05) is 0 Å². The molecule has 0 N–H and O–H groups in total. The van der Waals surface area contributed by atoms with E-state index in [1.165, 1.54) is 25.7 Å². The second kappa shape index (κ2) is 8.32. The zero-order valence-corrected chi connectivity index (χ0v) is 14.2. The van der Waals surface area contributed by atoms with E-state index in [0.717, 1.165) is 25.7 Å². The van der Waals surface area contributed by atoms with Crippen LogP contribution in [0.1, 0.15) is 64.2 Å². The summed E-state index contributed by atoms with van der Waals surface area (Å²) in [4.78, 5) is 24.3. The molecule has 2 aliphatic rings. The van der Waals surface area contributed by atoms with Crippen LogP contribution in [0.4, 0.5) is 0 Å². The van der Waals surface area contributed by atoms with Crippen molar-refractivity contribution in [3.8, 4) is 11.5 Å². The number of Topliss-reactive ketones (excluding diaryl/α,β-unsaturated/α-hetero) is 1. The van der Waals surface area contributed by atoms with Crippen molar-refractivity contribution < 1.29 is 19.1 Å². The van der Waals surface area contributed by atoms with E-state index in [0.29, 0.717) is 24.3 Å². The van der Waals surface area contributed by atoms with Gasteiger partial charge in [-0.3, -0.25) is 9.59 Å². The highest BCUT2D eigenvalue weighted by molar-refractivity contribution is 6.00.